The lowest BCUT2D eigenvalue weighted by atomic mass is 9.90. The number of thiophene rings is 1. The second-order valence-corrected chi connectivity index (χ2v) is 7.69. The van der Waals surface area contributed by atoms with Crippen molar-refractivity contribution in [1.29, 1.82) is 0 Å². The van der Waals surface area contributed by atoms with Crippen molar-refractivity contribution in [2.45, 2.75) is 29.3 Å². The van der Waals surface area contributed by atoms with E-state index in [2.05, 4.69) is 4.98 Å². The molecule has 0 saturated carbocycles. The van der Waals surface area contributed by atoms with Gasteiger partial charge in [-0.25, -0.2) is 9.37 Å². The molecule has 0 radical (unpaired) electrons. The number of pyridine rings is 1. The van der Waals surface area contributed by atoms with E-state index in [4.69, 9.17) is 9.47 Å². The summed E-state index contributed by atoms with van der Waals surface area (Å²) < 4.78 is 24.0. The fourth-order valence-corrected chi connectivity index (χ4v) is 4.13. The van der Waals surface area contributed by atoms with Crippen molar-refractivity contribution in [3.8, 4) is 11.6 Å². The third kappa shape index (κ3) is 3.34. The number of aliphatic carboxylic acids is 1. The average Bonchev–Trinajstić information content (AvgIpc) is 3.09. The van der Waals surface area contributed by atoms with Crippen molar-refractivity contribution in [2.24, 2.45) is 0 Å². The molecule has 0 bridgehead atoms. The van der Waals surface area contributed by atoms with Crippen LogP contribution in [0.1, 0.15) is 18.7 Å². The van der Waals surface area contributed by atoms with Crippen LogP contribution < -0.4 is 9.47 Å². The molecule has 0 saturated heterocycles. The van der Waals surface area contributed by atoms with E-state index in [0.29, 0.717) is 15.7 Å². The van der Waals surface area contributed by atoms with E-state index in [1.165, 1.54) is 39.4 Å². The van der Waals surface area contributed by atoms with Gasteiger partial charge in [0.05, 0.1) is 14.2 Å². The number of halogens is 1. The summed E-state index contributed by atoms with van der Waals surface area (Å²) in [4.78, 5) is 16.5. The quantitative estimate of drug-likeness (QED) is 0.743. The molecule has 5 nitrogen and oxygen atoms in total. The second-order valence-electron chi connectivity index (χ2n) is 5.31. The van der Waals surface area contributed by atoms with E-state index in [1.54, 1.807) is 29.6 Å². The maximum Gasteiger partial charge on any atom is 0.323 e. The molecule has 24 heavy (non-hydrogen) atoms. The van der Waals surface area contributed by atoms with Crippen molar-refractivity contribution in [3.05, 3.63) is 34.5 Å². The first-order chi connectivity index (χ1) is 11.2. The van der Waals surface area contributed by atoms with Gasteiger partial charge in [-0.05, 0) is 25.3 Å². The first kappa shape index (κ1) is 18.5. The van der Waals surface area contributed by atoms with E-state index >= 15 is 4.39 Å². The molecule has 2 rings (SSSR count). The van der Waals surface area contributed by atoms with Crippen LogP contribution in [0.2, 0.25) is 0 Å². The molecule has 2 unspecified atom stereocenters. The Balaban J connectivity index is 2.47. The molecule has 0 aromatic carbocycles. The van der Waals surface area contributed by atoms with Gasteiger partial charge in [-0.1, -0.05) is 17.8 Å². The molecular formula is C16H18FNO4S2. The number of carbonyl (C=O) groups is 1. The predicted octanol–water partition coefficient (Wildman–Crippen LogP) is 3.98. The third-order valence-electron chi connectivity index (χ3n) is 3.79. The van der Waals surface area contributed by atoms with Crippen LogP contribution in [0, 0.1) is 0 Å². The number of hydrogen-bond acceptors (Lipinski definition) is 6. The summed E-state index contributed by atoms with van der Waals surface area (Å²) in [6.07, 6.45) is 0. The molecule has 0 amide bonds. The Bertz CT molecular complexity index is 699. The monoisotopic (exact) mass is 371 g/mol. The van der Waals surface area contributed by atoms with Crippen LogP contribution in [0.25, 0.3) is 0 Å². The Morgan fingerprint density at radius 3 is 2.54 bits per heavy atom. The molecule has 130 valence electrons. The highest BCUT2D eigenvalue weighted by Crippen LogP contribution is 2.50. The topological polar surface area (TPSA) is 68.7 Å². The van der Waals surface area contributed by atoms with Crippen LogP contribution in [0.5, 0.6) is 11.6 Å². The van der Waals surface area contributed by atoms with Crippen LogP contribution in [-0.4, -0.2) is 35.0 Å². The first-order valence-corrected chi connectivity index (χ1v) is 8.69. The minimum absolute atomic E-state index is 0.265. The third-order valence-corrected chi connectivity index (χ3v) is 6.24. The van der Waals surface area contributed by atoms with Gasteiger partial charge >= 0.3 is 5.97 Å². The molecule has 2 atom stereocenters. The Kier molecular flexibility index (Phi) is 5.39. The zero-order valence-corrected chi connectivity index (χ0v) is 15.3. The second kappa shape index (κ2) is 6.98. The molecule has 0 aliphatic rings. The van der Waals surface area contributed by atoms with E-state index in [0.717, 1.165) is 11.8 Å². The van der Waals surface area contributed by atoms with E-state index in [-0.39, 0.29) is 5.88 Å². The Labute approximate surface area is 147 Å². The average molecular weight is 371 g/mol. The van der Waals surface area contributed by atoms with Gasteiger partial charge in [-0.2, -0.15) is 0 Å². The number of methoxy groups -OCH3 is 2. The number of carboxylic acids is 1. The molecule has 0 aliphatic heterocycles. The molecule has 0 spiro atoms. The first-order valence-electron chi connectivity index (χ1n) is 7.00. The predicted molar refractivity (Wildman–Crippen MR) is 92.0 cm³/mol. The van der Waals surface area contributed by atoms with E-state index in [9.17, 15) is 9.90 Å². The Hall–Kier alpha value is -1.80. The lowest BCUT2D eigenvalue weighted by Gasteiger charge is -2.35. The zero-order chi connectivity index (χ0) is 18.0. The molecule has 0 aliphatic carbocycles. The summed E-state index contributed by atoms with van der Waals surface area (Å²) in [7, 11) is 2.92. The zero-order valence-electron chi connectivity index (χ0n) is 13.7. The fourth-order valence-electron chi connectivity index (χ4n) is 2.06. The Morgan fingerprint density at radius 1 is 1.33 bits per heavy atom. The number of alkyl halides is 1. The van der Waals surface area contributed by atoms with Crippen LogP contribution in [0.4, 0.5) is 4.39 Å². The largest absolute Gasteiger partial charge is 0.496 e. The number of aromatic nitrogens is 1. The van der Waals surface area contributed by atoms with Crippen LogP contribution in [0.3, 0.4) is 0 Å². The number of ether oxygens (including phenoxy) is 2. The van der Waals surface area contributed by atoms with Crippen LogP contribution in [-0.2, 0) is 10.5 Å². The molecular weight excluding hydrogens is 353 g/mol. The molecule has 2 aromatic rings. The number of thioether (sulfide) groups is 1. The standard InChI is InChI=1S/C16H18FNO4S2/c1-15(17,11-6-5-7-23-11)16(2,14(19)20)24-13-9-10(21-3)8-12(18-13)22-4/h5-9H,1-4H3,(H,19,20). The summed E-state index contributed by atoms with van der Waals surface area (Å²) in [6.45, 7) is 2.63. The number of nitrogens with zero attached hydrogens (tertiary/aromatic N) is 1. The van der Waals surface area contributed by atoms with Gasteiger partial charge in [-0.3, -0.25) is 4.79 Å². The van der Waals surface area contributed by atoms with Crippen molar-refractivity contribution in [2.75, 3.05) is 14.2 Å². The molecule has 1 N–H and O–H groups in total. The highest BCUT2D eigenvalue weighted by atomic mass is 32.2. The van der Waals surface area contributed by atoms with Crippen LogP contribution >= 0.6 is 23.1 Å². The lowest BCUT2D eigenvalue weighted by molar-refractivity contribution is -0.143. The molecule has 8 heteroatoms. The number of hydrogen-bond donors (Lipinski definition) is 1. The smallest absolute Gasteiger partial charge is 0.323 e. The summed E-state index contributed by atoms with van der Waals surface area (Å²) in [5.74, 6) is -0.551. The molecule has 2 aromatic heterocycles. The maximum atomic E-state index is 15.5. The number of rotatable bonds is 7. The van der Waals surface area contributed by atoms with Gasteiger partial charge < -0.3 is 14.6 Å². The fraction of sp³-hybridized carbons (Fsp3) is 0.375. The van der Waals surface area contributed by atoms with E-state index in [1.807, 2.05) is 0 Å². The van der Waals surface area contributed by atoms with Gasteiger partial charge in [0.2, 0.25) is 5.88 Å². The summed E-state index contributed by atoms with van der Waals surface area (Å²) in [5.41, 5.74) is -2.10. The van der Waals surface area contributed by atoms with Gasteiger partial charge in [0.15, 0.2) is 10.4 Å². The molecule has 0 fully saturated rings. The normalized spacial score (nSPS) is 16.0. The highest BCUT2D eigenvalue weighted by Gasteiger charge is 2.54. The SMILES string of the molecule is COc1cc(OC)nc(SC(C)(C(=O)O)C(C)(F)c2cccs2)c1. The summed E-state index contributed by atoms with van der Waals surface area (Å²) >= 11 is 2.00. The molecule has 2 heterocycles. The minimum atomic E-state index is -2.10. The van der Waals surface area contributed by atoms with Crippen molar-refractivity contribution < 1.29 is 23.8 Å². The lowest BCUT2D eigenvalue weighted by Crippen LogP contribution is -2.47. The summed E-state index contributed by atoms with van der Waals surface area (Å²) in [5, 5.41) is 11.8. The van der Waals surface area contributed by atoms with E-state index < -0.39 is 16.4 Å². The van der Waals surface area contributed by atoms with Gasteiger partial charge in [-0.15, -0.1) is 11.3 Å². The van der Waals surface area contributed by atoms with Crippen molar-refractivity contribution >= 4 is 29.1 Å². The summed E-state index contributed by atoms with van der Waals surface area (Å²) in [6, 6.07) is 6.40. The van der Waals surface area contributed by atoms with Gasteiger partial charge in [0.1, 0.15) is 10.8 Å². The van der Waals surface area contributed by atoms with Crippen molar-refractivity contribution in [3.63, 3.8) is 0 Å². The van der Waals surface area contributed by atoms with Gasteiger partial charge in [0.25, 0.3) is 0 Å². The highest BCUT2D eigenvalue weighted by molar-refractivity contribution is 8.01. The Morgan fingerprint density at radius 2 is 2.04 bits per heavy atom. The van der Waals surface area contributed by atoms with Crippen molar-refractivity contribution in [1.82, 2.24) is 4.98 Å². The van der Waals surface area contributed by atoms with Crippen LogP contribution in [0.15, 0.2) is 34.7 Å². The number of carboxylic acid groups (broad SMARTS) is 1. The minimum Gasteiger partial charge on any atom is -0.496 e. The van der Waals surface area contributed by atoms with Gasteiger partial charge in [0, 0.05) is 17.0 Å². The maximum absolute atomic E-state index is 15.5.